The van der Waals surface area contributed by atoms with Gasteiger partial charge in [-0.15, -0.1) is 0 Å². The van der Waals surface area contributed by atoms with Gasteiger partial charge in [0.25, 0.3) is 0 Å². The number of hydrogen-bond donors (Lipinski definition) is 1. The van der Waals surface area contributed by atoms with Gasteiger partial charge in [0.15, 0.2) is 5.16 Å². The van der Waals surface area contributed by atoms with Crippen LogP contribution in [-0.4, -0.2) is 40.5 Å². The minimum absolute atomic E-state index is 0.253. The smallest absolute Gasteiger partial charge is 0.190 e. The Hall–Kier alpha value is -0.520. The summed E-state index contributed by atoms with van der Waals surface area (Å²) in [6.07, 6.45) is 2.45. The lowest BCUT2D eigenvalue weighted by Gasteiger charge is -2.16. The van der Waals surface area contributed by atoms with Crippen LogP contribution in [0.25, 0.3) is 0 Å². The summed E-state index contributed by atoms with van der Waals surface area (Å²) in [7, 11) is 0. The predicted octanol–water partition coefficient (Wildman–Crippen LogP) is 1.42. The zero-order valence-corrected chi connectivity index (χ0v) is 9.92. The molecule has 0 aliphatic carbocycles. The van der Waals surface area contributed by atoms with Crippen molar-refractivity contribution in [1.82, 2.24) is 9.97 Å². The molecule has 4 nitrogen and oxygen atoms in total. The molecule has 1 N–H and O–H groups in total. The number of aliphatic hydroxyl groups excluding tert-OH is 1. The SMILES string of the molecule is CSc1nc(Cl)cc(N2CC[C@H](O)C2)n1. The van der Waals surface area contributed by atoms with Crippen molar-refractivity contribution in [3.63, 3.8) is 0 Å². The molecule has 0 unspecified atom stereocenters. The molecule has 1 aromatic rings. The van der Waals surface area contributed by atoms with Gasteiger partial charge in [-0.3, -0.25) is 0 Å². The quantitative estimate of drug-likeness (QED) is 0.485. The van der Waals surface area contributed by atoms with Crippen LogP contribution in [0, 0.1) is 0 Å². The molecule has 1 aliphatic heterocycles. The Balaban J connectivity index is 2.24. The lowest BCUT2D eigenvalue weighted by atomic mass is 10.3. The molecule has 1 fully saturated rings. The number of aromatic nitrogens is 2. The van der Waals surface area contributed by atoms with Gasteiger partial charge in [-0.2, -0.15) is 0 Å². The molecule has 15 heavy (non-hydrogen) atoms. The van der Waals surface area contributed by atoms with Gasteiger partial charge in [-0.1, -0.05) is 23.4 Å². The van der Waals surface area contributed by atoms with E-state index < -0.39 is 0 Å². The van der Waals surface area contributed by atoms with E-state index in [-0.39, 0.29) is 6.10 Å². The average molecular weight is 246 g/mol. The van der Waals surface area contributed by atoms with Gasteiger partial charge in [-0.05, 0) is 12.7 Å². The van der Waals surface area contributed by atoms with Gasteiger partial charge < -0.3 is 10.0 Å². The number of anilines is 1. The fourth-order valence-electron chi connectivity index (χ4n) is 1.59. The molecule has 0 spiro atoms. The number of halogens is 1. The summed E-state index contributed by atoms with van der Waals surface area (Å²) in [5.41, 5.74) is 0. The highest BCUT2D eigenvalue weighted by Crippen LogP contribution is 2.23. The van der Waals surface area contributed by atoms with Crippen LogP contribution in [0.4, 0.5) is 5.82 Å². The maximum atomic E-state index is 9.43. The third-order valence-electron chi connectivity index (χ3n) is 2.33. The summed E-state index contributed by atoms with van der Waals surface area (Å²) >= 11 is 7.35. The highest BCUT2D eigenvalue weighted by Gasteiger charge is 2.22. The minimum Gasteiger partial charge on any atom is -0.391 e. The predicted molar refractivity (Wildman–Crippen MR) is 61.7 cm³/mol. The molecule has 0 radical (unpaired) electrons. The molecular weight excluding hydrogens is 234 g/mol. The van der Waals surface area contributed by atoms with Gasteiger partial charge in [0, 0.05) is 19.2 Å². The average Bonchev–Trinajstić information content (AvgIpc) is 2.64. The second-order valence-electron chi connectivity index (χ2n) is 3.42. The largest absolute Gasteiger partial charge is 0.391 e. The van der Waals surface area contributed by atoms with Crippen LogP contribution in [0.1, 0.15) is 6.42 Å². The number of nitrogens with zero attached hydrogens (tertiary/aromatic N) is 3. The van der Waals surface area contributed by atoms with Gasteiger partial charge in [0.05, 0.1) is 6.10 Å². The molecule has 1 aliphatic rings. The Bertz CT molecular complexity index is 363. The third kappa shape index (κ3) is 2.53. The first-order valence-corrected chi connectivity index (χ1v) is 6.31. The zero-order valence-electron chi connectivity index (χ0n) is 8.35. The van der Waals surface area contributed by atoms with Crippen molar-refractivity contribution in [3.05, 3.63) is 11.2 Å². The Morgan fingerprint density at radius 3 is 3.00 bits per heavy atom. The van der Waals surface area contributed by atoms with Crippen molar-refractivity contribution in [2.45, 2.75) is 17.7 Å². The van der Waals surface area contributed by atoms with Crippen LogP contribution in [0.15, 0.2) is 11.2 Å². The lowest BCUT2D eigenvalue weighted by molar-refractivity contribution is 0.198. The normalized spacial score (nSPS) is 21.0. The van der Waals surface area contributed by atoms with Gasteiger partial charge in [0.1, 0.15) is 11.0 Å². The minimum atomic E-state index is -0.253. The van der Waals surface area contributed by atoms with E-state index in [1.54, 1.807) is 6.07 Å². The molecule has 0 saturated carbocycles. The maximum Gasteiger partial charge on any atom is 0.190 e. The summed E-state index contributed by atoms with van der Waals surface area (Å²) < 4.78 is 0. The van der Waals surface area contributed by atoms with Crippen LogP contribution < -0.4 is 4.90 Å². The van der Waals surface area contributed by atoms with Crippen molar-refractivity contribution in [2.24, 2.45) is 0 Å². The van der Waals surface area contributed by atoms with Crippen LogP contribution in [0.3, 0.4) is 0 Å². The van der Waals surface area contributed by atoms with E-state index in [0.29, 0.717) is 16.9 Å². The Kier molecular flexibility index (Phi) is 3.33. The first-order valence-electron chi connectivity index (χ1n) is 4.70. The Labute approximate surface area is 97.7 Å². The van der Waals surface area contributed by atoms with E-state index in [1.165, 1.54) is 11.8 Å². The van der Waals surface area contributed by atoms with Crippen molar-refractivity contribution in [2.75, 3.05) is 24.2 Å². The fourth-order valence-corrected chi connectivity index (χ4v) is 2.19. The van der Waals surface area contributed by atoms with E-state index in [1.807, 2.05) is 11.2 Å². The van der Waals surface area contributed by atoms with Gasteiger partial charge in [-0.25, -0.2) is 9.97 Å². The van der Waals surface area contributed by atoms with E-state index >= 15 is 0 Å². The highest BCUT2D eigenvalue weighted by molar-refractivity contribution is 7.98. The molecular formula is C9H12ClN3OS. The lowest BCUT2D eigenvalue weighted by Crippen LogP contribution is -2.22. The molecule has 6 heteroatoms. The molecule has 1 atom stereocenters. The zero-order chi connectivity index (χ0) is 10.8. The number of thioether (sulfide) groups is 1. The van der Waals surface area contributed by atoms with Crippen molar-refractivity contribution in [1.29, 1.82) is 0 Å². The maximum absolute atomic E-state index is 9.43. The number of aliphatic hydroxyl groups is 1. The van der Waals surface area contributed by atoms with Crippen molar-refractivity contribution in [3.8, 4) is 0 Å². The monoisotopic (exact) mass is 245 g/mol. The standard InChI is InChI=1S/C9H12ClN3OS/c1-15-9-11-7(10)4-8(12-9)13-3-2-6(14)5-13/h4,6,14H,2-3,5H2,1H3/t6-/m0/s1. The highest BCUT2D eigenvalue weighted by atomic mass is 35.5. The summed E-state index contributed by atoms with van der Waals surface area (Å²) in [4.78, 5) is 10.4. The number of hydrogen-bond acceptors (Lipinski definition) is 5. The second kappa shape index (κ2) is 4.55. The van der Waals surface area contributed by atoms with E-state index in [2.05, 4.69) is 9.97 Å². The molecule has 82 valence electrons. The first kappa shape index (κ1) is 11.0. The van der Waals surface area contributed by atoms with Gasteiger partial charge >= 0.3 is 0 Å². The molecule has 2 rings (SSSR count). The van der Waals surface area contributed by atoms with Crippen LogP contribution in [0.2, 0.25) is 5.15 Å². The van der Waals surface area contributed by atoms with Gasteiger partial charge in [0.2, 0.25) is 0 Å². The molecule has 0 bridgehead atoms. The van der Waals surface area contributed by atoms with E-state index in [0.717, 1.165) is 18.8 Å². The third-order valence-corrected chi connectivity index (χ3v) is 3.07. The summed E-state index contributed by atoms with van der Waals surface area (Å²) in [5.74, 6) is 0.802. The number of rotatable bonds is 2. The second-order valence-corrected chi connectivity index (χ2v) is 4.58. The van der Waals surface area contributed by atoms with Crippen LogP contribution in [-0.2, 0) is 0 Å². The molecule has 2 heterocycles. The molecule has 1 aromatic heterocycles. The Morgan fingerprint density at radius 2 is 2.40 bits per heavy atom. The van der Waals surface area contributed by atoms with Crippen molar-refractivity contribution < 1.29 is 5.11 Å². The van der Waals surface area contributed by atoms with E-state index in [4.69, 9.17) is 11.6 Å². The fraction of sp³-hybridized carbons (Fsp3) is 0.556. The topological polar surface area (TPSA) is 49.2 Å². The first-order chi connectivity index (χ1) is 7.19. The van der Waals surface area contributed by atoms with E-state index in [9.17, 15) is 5.11 Å². The summed E-state index contributed by atoms with van der Waals surface area (Å²) in [6, 6.07) is 1.74. The van der Waals surface area contributed by atoms with Crippen LogP contribution in [0.5, 0.6) is 0 Å². The summed E-state index contributed by atoms with van der Waals surface area (Å²) in [5, 5.41) is 10.5. The molecule has 1 saturated heterocycles. The summed E-state index contributed by atoms with van der Waals surface area (Å²) in [6.45, 7) is 1.45. The number of β-amino-alcohol motifs (C(OH)–C–C–N with tert-alkyl or cyclic N) is 1. The van der Waals surface area contributed by atoms with Crippen LogP contribution >= 0.6 is 23.4 Å². The molecule has 0 amide bonds. The van der Waals surface area contributed by atoms with Crippen molar-refractivity contribution >= 4 is 29.2 Å². The molecule has 0 aromatic carbocycles. The Morgan fingerprint density at radius 1 is 1.60 bits per heavy atom.